The highest BCUT2D eigenvalue weighted by Crippen LogP contribution is 2.43. The van der Waals surface area contributed by atoms with Gasteiger partial charge < -0.3 is 4.74 Å². The molecule has 0 saturated heterocycles. The number of hydrogen-bond donors (Lipinski definition) is 1. The number of aromatic amines is 1. The Kier molecular flexibility index (Phi) is 3.97. The molecule has 6 nitrogen and oxygen atoms in total. The van der Waals surface area contributed by atoms with E-state index in [1.807, 2.05) is 31.2 Å². The first-order chi connectivity index (χ1) is 12.4. The van der Waals surface area contributed by atoms with E-state index >= 15 is 0 Å². The normalized spacial score (nSPS) is 16.5. The first-order valence-electron chi connectivity index (χ1n) is 8.43. The Balaban J connectivity index is 1.70. The van der Waals surface area contributed by atoms with Crippen LogP contribution in [0.25, 0.3) is 22.9 Å². The van der Waals surface area contributed by atoms with Crippen LogP contribution in [0.2, 0.25) is 0 Å². The average Bonchev–Trinajstić information content (AvgIpc) is 3.19. The molecule has 136 valence electrons. The number of aromatic nitrogens is 5. The highest BCUT2D eigenvalue weighted by atomic mass is 19.3. The molecule has 1 N–H and O–H groups in total. The smallest absolute Gasteiger partial charge is 0.248 e. The van der Waals surface area contributed by atoms with Gasteiger partial charge in [-0.3, -0.25) is 5.10 Å². The van der Waals surface area contributed by atoms with Crippen LogP contribution in [0.15, 0.2) is 30.3 Å². The van der Waals surface area contributed by atoms with Crippen LogP contribution >= 0.6 is 0 Å². The van der Waals surface area contributed by atoms with Gasteiger partial charge in [-0.25, -0.2) is 18.4 Å². The van der Waals surface area contributed by atoms with Crippen LogP contribution in [0.5, 0.6) is 5.88 Å². The fourth-order valence-electron chi connectivity index (χ4n) is 3.26. The van der Waals surface area contributed by atoms with Crippen LogP contribution in [0.1, 0.15) is 18.4 Å². The highest BCUT2D eigenvalue weighted by Gasteiger charge is 2.45. The molecule has 1 fully saturated rings. The molecule has 3 aromatic rings. The van der Waals surface area contributed by atoms with Gasteiger partial charge in [-0.05, 0) is 18.9 Å². The Hall–Kier alpha value is -2.77. The Morgan fingerprint density at radius 1 is 1.31 bits per heavy atom. The zero-order valence-corrected chi connectivity index (χ0v) is 14.5. The molecule has 0 aliphatic heterocycles. The SMILES string of the molecule is COc1cc(-c2nc(-c3cccc(C)c3)nn2CC2CC(F)(F)C2)[nH]n1. The van der Waals surface area contributed by atoms with Crippen molar-refractivity contribution in [1.29, 1.82) is 0 Å². The van der Waals surface area contributed by atoms with Gasteiger partial charge >= 0.3 is 0 Å². The van der Waals surface area contributed by atoms with E-state index in [1.165, 1.54) is 7.11 Å². The number of alkyl halides is 2. The van der Waals surface area contributed by atoms with Crippen molar-refractivity contribution in [3.63, 3.8) is 0 Å². The monoisotopic (exact) mass is 359 g/mol. The summed E-state index contributed by atoms with van der Waals surface area (Å²) in [4.78, 5) is 4.62. The highest BCUT2D eigenvalue weighted by molar-refractivity contribution is 5.60. The molecule has 0 bridgehead atoms. The molecule has 1 aromatic carbocycles. The molecule has 26 heavy (non-hydrogen) atoms. The summed E-state index contributed by atoms with van der Waals surface area (Å²) in [5.74, 6) is -1.11. The van der Waals surface area contributed by atoms with E-state index < -0.39 is 5.92 Å². The van der Waals surface area contributed by atoms with Crippen molar-refractivity contribution in [2.24, 2.45) is 5.92 Å². The Morgan fingerprint density at radius 2 is 2.12 bits per heavy atom. The van der Waals surface area contributed by atoms with Gasteiger partial charge in [0.15, 0.2) is 11.6 Å². The third kappa shape index (κ3) is 3.18. The Morgan fingerprint density at radius 3 is 2.77 bits per heavy atom. The van der Waals surface area contributed by atoms with Gasteiger partial charge in [-0.2, -0.15) is 5.10 Å². The minimum Gasteiger partial charge on any atom is -0.480 e. The third-order valence-corrected chi connectivity index (χ3v) is 4.56. The predicted molar refractivity (Wildman–Crippen MR) is 92.0 cm³/mol. The van der Waals surface area contributed by atoms with Crippen molar-refractivity contribution in [3.8, 4) is 28.8 Å². The lowest BCUT2D eigenvalue weighted by Crippen LogP contribution is -2.38. The summed E-state index contributed by atoms with van der Waals surface area (Å²) in [6.07, 6.45) is -0.225. The fourth-order valence-corrected chi connectivity index (χ4v) is 3.26. The van der Waals surface area contributed by atoms with Gasteiger partial charge in [-0.1, -0.05) is 23.8 Å². The van der Waals surface area contributed by atoms with E-state index in [1.54, 1.807) is 10.7 Å². The Labute approximate surface area is 149 Å². The van der Waals surface area contributed by atoms with Crippen LogP contribution in [0, 0.1) is 12.8 Å². The van der Waals surface area contributed by atoms with Gasteiger partial charge in [0.25, 0.3) is 0 Å². The Bertz CT molecular complexity index is 925. The van der Waals surface area contributed by atoms with Crippen molar-refractivity contribution in [3.05, 3.63) is 35.9 Å². The predicted octanol–water partition coefficient (Wildman–Crippen LogP) is 3.70. The fraction of sp³-hybridized carbons (Fsp3) is 0.389. The summed E-state index contributed by atoms with van der Waals surface area (Å²) < 4.78 is 33.2. The molecular formula is C18H19F2N5O. The van der Waals surface area contributed by atoms with Crippen molar-refractivity contribution in [2.45, 2.75) is 32.2 Å². The number of rotatable bonds is 5. The third-order valence-electron chi connectivity index (χ3n) is 4.56. The van der Waals surface area contributed by atoms with Crippen molar-refractivity contribution >= 4 is 0 Å². The number of methoxy groups -OCH3 is 1. The van der Waals surface area contributed by atoms with Crippen LogP contribution < -0.4 is 4.74 Å². The zero-order chi connectivity index (χ0) is 18.3. The lowest BCUT2D eigenvalue weighted by molar-refractivity contribution is -0.114. The molecule has 2 aromatic heterocycles. The molecule has 2 heterocycles. The summed E-state index contributed by atoms with van der Waals surface area (Å²) in [6, 6.07) is 9.58. The lowest BCUT2D eigenvalue weighted by Gasteiger charge is -2.34. The number of ether oxygens (including phenoxy) is 1. The van der Waals surface area contributed by atoms with E-state index in [0.717, 1.165) is 11.1 Å². The average molecular weight is 359 g/mol. The van der Waals surface area contributed by atoms with Crippen molar-refractivity contribution in [2.75, 3.05) is 7.11 Å². The number of nitrogens with zero attached hydrogens (tertiary/aromatic N) is 4. The topological polar surface area (TPSA) is 68.6 Å². The largest absolute Gasteiger partial charge is 0.480 e. The number of aryl methyl sites for hydroxylation is 1. The minimum atomic E-state index is -2.55. The van der Waals surface area contributed by atoms with Gasteiger partial charge in [0, 0.05) is 31.0 Å². The van der Waals surface area contributed by atoms with E-state index in [0.29, 0.717) is 29.8 Å². The first-order valence-corrected chi connectivity index (χ1v) is 8.43. The summed E-state index contributed by atoms with van der Waals surface area (Å²) in [7, 11) is 1.53. The molecule has 0 atom stereocenters. The number of benzene rings is 1. The molecule has 1 saturated carbocycles. The van der Waals surface area contributed by atoms with Crippen LogP contribution in [0.4, 0.5) is 8.78 Å². The maximum absolute atomic E-state index is 13.2. The molecule has 0 spiro atoms. The van der Waals surface area contributed by atoms with Crippen molar-refractivity contribution < 1.29 is 13.5 Å². The molecule has 1 aliphatic carbocycles. The second-order valence-corrected chi connectivity index (χ2v) is 6.76. The van der Waals surface area contributed by atoms with Crippen molar-refractivity contribution in [1.82, 2.24) is 25.0 Å². The molecule has 0 amide bonds. The molecule has 8 heteroatoms. The van der Waals surface area contributed by atoms with Crippen LogP contribution in [-0.2, 0) is 6.54 Å². The molecule has 1 aliphatic rings. The second-order valence-electron chi connectivity index (χ2n) is 6.76. The van der Waals surface area contributed by atoms with Gasteiger partial charge in [0.05, 0.1) is 7.11 Å². The standard InChI is InChI=1S/C18H19F2N5O/c1-11-4-3-5-13(6-11)16-21-17(14-7-15(26-2)23-22-14)25(24-16)10-12-8-18(19,20)9-12/h3-7,12H,8-10H2,1-2H3,(H,22,23). The molecular weight excluding hydrogens is 340 g/mol. The summed E-state index contributed by atoms with van der Waals surface area (Å²) in [6.45, 7) is 2.39. The first kappa shape index (κ1) is 16.7. The number of halogens is 2. The van der Waals surface area contributed by atoms with Crippen LogP contribution in [-0.4, -0.2) is 38.0 Å². The molecule has 0 radical (unpaired) electrons. The lowest BCUT2D eigenvalue weighted by atomic mass is 9.81. The maximum atomic E-state index is 13.2. The van der Waals surface area contributed by atoms with E-state index in [4.69, 9.17) is 4.74 Å². The van der Waals surface area contributed by atoms with E-state index in [-0.39, 0.29) is 18.8 Å². The minimum absolute atomic E-state index is 0.111. The van der Waals surface area contributed by atoms with E-state index in [2.05, 4.69) is 20.3 Å². The maximum Gasteiger partial charge on any atom is 0.248 e. The van der Waals surface area contributed by atoms with Gasteiger partial charge in [-0.15, -0.1) is 5.10 Å². The van der Waals surface area contributed by atoms with E-state index in [9.17, 15) is 8.78 Å². The number of hydrogen-bond acceptors (Lipinski definition) is 4. The quantitative estimate of drug-likeness (QED) is 0.754. The van der Waals surface area contributed by atoms with Gasteiger partial charge in [0.1, 0.15) is 5.69 Å². The molecule has 0 unspecified atom stereocenters. The summed E-state index contributed by atoms with van der Waals surface area (Å²) in [5, 5.41) is 11.5. The molecule has 4 rings (SSSR count). The summed E-state index contributed by atoms with van der Waals surface area (Å²) >= 11 is 0. The summed E-state index contributed by atoms with van der Waals surface area (Å²) in [5.41, 5.74) is 2.62. The van der Waals surface area contributed by atoms with Crippen LogP contribution in [0.3, 0.4) is 0 Å². The number of nitrogens with one attached hydrogen (secondary N) is 1. The van der Waals surface area contributed by atoms with Gasteiger partial charge in [0.2, 0.25) is 11.8 Å². The second kappa shape index (κ2) is 6.19. The number of H-pyrrole nitrogens is 1. The zero-order valence-electron chi connectivity index (χ0n) is 14.5.